The lowest BCUT2D eigenvalue weighted by Crippen LogP contribution is -2.41. The van der Waals surface area contributed by atoms with Crippen LogP contribution in [0.5, 0.6) is 0 Å². The van der Waals surface area contributed by atoms with E-state index in [9.17, 15) is 13.6 Å². The number of carbonyl (C=O) groups is 1. The molecule has 0 bridgehead atoms. The van der Waals surface area contributed by atoms with Crippen LogP contribution in [-0.4, -0.2) is 24.4 Å². The molecule has 0 aromatic heterocycles. The summed E-state index contributed by atoms with van der Waals surface area (Å²) in [5.41, 5.74) is 0.954. The Hall–Kier alpha value is -1.49. The summed E-state index contributed by atoms with van der Waals surface area (Å²) in [5, 5.41) is 5.28. The summed E-state index contributed by atoms with van der Waals surface area (Å²) in [7, 11) is 0. The largest absolute Gasteiger partial charge is 0.348 e. The van der Waals surface area contributed by atoms with Gasteiger partial charge in [-0.2, -0.15) is 0 Å². The second kappa shape index (κ2) is 5.02. The van der Waals surface area contributed by atoms with Gasteiger partial charge in [0.2, 0.25) is 5.91 Å². The lowest BCUT2D eigenvalue weighted by Gasteiger charge is -2.17. The average Bonchev–Trinajstić information content (AvgIpc) is 2.71. The highest BCUT2D eigenvalue weighted by Gasteiger charge is 2.42. The fraction of sp³-hybridized carbons (Fsp3) is 0.462. The lowest BCUT2D eigenvalue weighted by atomic mass is 10.1. The molecule has 2 rings (SSSR count). The van der Waals surface area contributed by atoms with Gasteiger partial charge in [0.15, 0.2) is 0 Å². The number of halogens is 2. The zero-order valence-corrected chi connectivity index (χ0v) is 10.1. The van der Waals surface area contributed by atoms with Gasteiger partial charge in [-0.25, -0.2) is 8.78 Å². The predicted octanol–water partition coefficient (Wildman–Crippen LogP) is 1.86. The molecule has 0 aliphatic carbocycles. The third-order valence-corrected chi connectivity index (χ3v) is 3.08. The quantitative estimate of drug-likeness (QED) is 0.864. The third kappa shape index (κ3) is 3.04. The number of hydrogen-bond acceptors (Lipinski definition) is 2. The summed E-state index contributed by atoms with van der Waals surface area (Å²) in [4.78, 5) is 11.8. The van der Waals surface area contributed by atoms with Gasteiger partial charge in [0.05, 0.1) is 18.6 Å². The molecule has 1 aromatic carbocycles. The Morgan fingerprint density at radius 2 is 2.11 bits per heavy atom. The Morgan fingerprint density at radius 3 is 2.67 bits per heavy atom. The Balaban J connectivity index is 1.92. The van der Waals surface area contributed by atoms with Crippen molar-refractivity contribution < 1.29 is 13.6 Å². The number of rotatable bonds is 3. The van der Waals surface area contributed by atoms with Crippen LogP contribution in [0.2, 0.25) is 0 Å². The zero-order chi connectivity index (χ0) is 13.2. The van der Waals surface area contributed by atoms with Crippen LogP contribution in [0.1, 0.15) is 24.9 Å². The summed E-state index contributed by atoms with van der Waals surface area (Å²) in [6.07, 6.45) is -0.430. The van der Waals surface area contributed by atoms with E-state index in [1.54, 1.807) is 0 Å². The van der Waals surface area contributed by atoms with Crippen LogP contribution in [0.3, 0.4) is 0 Å². The minimum absolute atomic E-state index is 0.185. The van der Waals surface area contributed by atoms with Gasteiger partial charge in [0.1, 0.15) is 0 Å². The maximum Gasteiger partial charge on any atom is 0.262 e. The summed E-state index contributed by atoms with van der Waals surface area (Å²) >= 11 is 0. The Morgan fingerprint density at radius 1 is 1.44 bits per heavy atom. The van der Waals surface area contributed by atoms with Gasteiger partial charge in [-0.15, -0.1) is 0 Å². The Kier molecular flexibility index (Phi) is 3.61. The van der Waals surface area contributed by atoms with E-state index in [1.165, 1.54) is 0 Å². The van der Waals surface area contributed by atoms with Crippen LogP contribution in [0.4, 0.5) is 8.78 Å². The van der Waals surface area contributed by atoms with Gasteiger partial charge in [0, 0.05) is 6.42 Å². The molecule has 1 aliphatic heterocycles. The summed E-state index contributed by atoms with van der Waals surface area (Å²) in [6.45, 7) is 1.41. The standard InChI is InChI=1S/C13H16F2N2O/c1-9(10-5-3-2-4-6-10)17-12(18)11-7-13(14,15)8-16-11/h2-6,9,11,16H,7-8H2,1H3,(H,17,18)/t9-,11?/m1/s1. The molecule has 2 N–H and O–H groups in total. The molecule has 98 valence electrons. The van der Waals surface area contributed by atoms with Crippen LogP contribution in [-0.2, 0) is 4.79 Å². The smallest absolute Gasteiger partial charge is 0.262 e. The lowest BCUT2D eigenvalue weighted by molar-refractivity contribution is -0.124. The molecule has 1 fully saturated rings. The first-order chi connectivity index (χ1) is 8.48. The molecular formula is C13H16F2N2O. The van der Waals surface area contributed by atoms with Gasteiger partial charge >= 0.3 is 0 Å². The van der Waals surface area contributed by atoms with Crippen molar-refractivity contribution in [2.24, 2.45) is 0 Å². The van der Waals surface area contributed by atoms with Crippen LogP contribution in [0.15, 0.2) is 30.3 Å². The average molecular weight is 254 g/mol. The summed E-state index contributed by atoms with van der Waals surface area (Å²) in [6, 6.07) is 8.43. The van der Waals surface area contributed by atoms with Gasteiger partial charge in [-0.05, 0) is 12.5 Å². The van der Waals surface area contributed by atoms with E-state index in [0.717, 1.165) is 5.56 Å². The van der Waals surface area contributed by atoms with Gasteiger partial charge in [0.25, 0.3) is 5.92 Å². The topological polar surface area (TPSA) is 41.1 Å². The third-order valence-electron chi connectivity index (χ3n) is 3.08. The predicted molar refractivity (Wildman–Crippen MR) is 64.4 cm³/mol. The molecule has 1 saturated heterocycles. The second-order valence-electron chi connectivity index (χ2n) is 4.63. The highest BCUT2D eigenvalue weighted by molar-refractivity contribution is 5.82. The van der Waals surface area contributed by atoms with Crippen LogP contribution in [0.25, 0.3) is 0 Å². The monoisotopic (exact) mass is 254 g/mol. The van der Waals surface area contributed by atoms with Crippen molar-refractivity contribution in [3.8, 4) is 0 Å². The van der Waals surface area contributed by atoms with Crippen LogP contribution >= 0.6 is 0 Å². The van der Waals surface area contributed by atoms with Crippen molar-refractivity contribution in [2.75, 3.05) is 6.54 Å². The minimum atomic E-state index is -2.78. The molecule has 1 aliphatic rings. The SMILES string of the molecule is C[C@@H](NC(=O)C1CC(F)(F)CN1)c1ccccc1. The van der Waals surface area contributed by atoms with Crippen LogP contribution < -0.4 is 10.6 Å². The zero-order valence-electron chi connectivity index (χ0n) is 10.1. The fourth-order valence-corrected chi connectivity index (χ4v) is 2.04. The highest BCUT2D eigenvalue weighted by Crippen LogP contribution is 2.25. The maximum absolute atomic E-state index is 13.0. The molecule has 5 heteroatoms. The number of amides is 1. The first kappa shape index (κ1) is 13.0. The summed E-state index contributed by atoms with van der Waals surface area (Å²) in [5.74, 6) is -3.15. The number of nitrogens with one attached hydrogen (secondary N) is 2. The first-order valence-electron chi connectivity index (χ1n) is 5.94. The normalized spacial score (nSPS) is 23.6. The molecule has 2 atom stereocenters. The molecule has 0 saturated carbocycles. The maximum atomic E-state index is 13.0. The number of benzene rings is 1. The van der Waals surface area contributed by atoms with Gasteiger partial charge in [-0.1, -0.05) is 30.3 Å². The van der Waals surface area contributed by atoms with Crippen molar-refractivity contribution in [1.29, 1.82) is 0 Å². The van der Waals surface area contributed by atoms with E-state index in [4.69, 9.17) is 0 Å². The molecule has 1 heterocycles. The molecule has 0 spiro atoms. The minimum Gasteiger partial charge on any atom is -0.348 e. The van der Waals surface area contributed by atoms with Crippen molar-refractivity contribution in [3.05, 3.63) is 35.9 Å². The van der Waals surface area contributed by atoms with Crippen molar-refractivity contribution >= 4 is 5.91 Å². The molecule has 18 heavy (non-hydrogen) atoms. The van der Waals surface area contributed by atoms with Crippen LogP contribution in [0, 0.1) is 0 Å². The molecular weight excluding hydrogens is 238 g/mol. The highest BCUT2D eigenvalue weighted by atomic mass is 19.3. The van der Waals surface area contributed by atoms with E-state index in [-0.39, 0.29) is 11.9 Å². The van der Waals surface area contributed by atoms with E-state index in [2.05, 4.69) is 10.6 Å². The fourth-order valence-electron chi connectivity index (χ4n) is 2.04. The number of alkyl halides is 2. The van der Waals surface area contributed by atoms with E-state index >= 15 is 0 Å². The van der Waals surface area contributed by atoms with Crippen molar-refractivity contribution in [2.45, 2.75) is 31.4 Å². The van der Waals surface area contributed by atoms with Gasteiger partial charge < -0.3 is 5.32 Å². The van der Waals surface area contributed by atoms with Crippen molar-refractivity contribution in [3.63, 3.8) is 0 Å². The van der Waals surface area contributed by atoms with Crippen molar-refractivity contribution in [1.82, 2.24) is 10.6 Å². The van der Waals surface area contributed by atoms with Gasteiger partial charge in [-0.3, -0.25) is 10.1 Å². The Labute approximate surface area is 105 Å². The molecule has 3 nitrogen and oxygen atoms in total. The molecule has 0 radical (unpaired) electrons. The Bertz CT molecular complexity index is 422. The number of carbonyl (C=O) groups excluding carboxylic acids is 1. The molecule has 1 amide bonds. The van der Waals surface area contributed by atoms with E-state index in [0.29, 0.717) is 0 Å². The number of hydrogen-bond donors (Lipinski definition) is 2. The van der Waals surface area contributed by atoms with E-state index in [1.807, 2.05) is 37.3 Å². The first-order valence-corrected chi connectivity index (χ1v) is 5.94. The second-order valence-corrected chi connectivity index (χ2v) is 4.63. The van der Waals surface area contributed by atoms with E-state index < -0.39 is 24.9 Å². The summed E-state index contributed by atoms with van der Waals surface area (Å²) < 4.78 is 25.9. The molecule has 1 aromatic rings. The molecule has 1 unspecified atom stereocenters.